The van der Waals surface area contributed by atoms with Gasteiger partial charge in [-0.2, -0.15) is 0 Å². The zero-order valence-electron chi connectivity index (χ0n) is 14.3. The smallest absolute Gasteiger partial charge is 0.138 e. The zero-order valence-corrected chi connectivity index (χ0v) is 15.2. The van der Waals surface area contributed by atoms with Crippen LogP contribution in [0.4, 0.5) is 0 Å². The normalized spacial score (nSPS) is 30.8. The van der Waals surface area contributed by atoms with E-state index in [4.69, 9.17) is 4.18 Å². The maximum atomic E-state index is 12.2. The molecule has 3 atom stereocenters. The standard InChI is InChI=1S/C20H28O2S/c1-14-5-6-17-13-18(22-23)8-7-16(17)12-15(14)9-11-20(2)10-3-4-19(20)21/h7-8,13-15,23H,3-6,9-12H2,1-2H3. The number of hydrogen-bond donors (Lipinski definition) is 1. The molecule has 2 aliphatic carbocycles. The Labute approximate surface area is 145 Å². The molecule has 3 heteroatoms. The number of carbonyl (C=O) groups excluding carboxylic acids is 1. The lowest BCUT2D eigenvalue weighted by molar-refractivity contribution is -0.125. The van der Waals surface area contributed by atoms with Crippen LogP contribution in [0.15, 0.2) is 18.2 Å². The fourth-order valence-corrected chi connectivity index (χ4v) is 4.54. The van der Waals surface area contributed by atoms with Crippen molar-refractivity contribution in [3.05, 3.63) is 29.3 Å². The minimum atomic E-state index is -0.0431. The molecule has 1 saturated carbocycles. The molecule has 126 valence electrons. The molecule has 0 spiro atoms. The van der Waals surface area contributed by atoms with Crippen LogP contribution >= 0.6 is 12.9 Å². The third kappa shape index (κ3) is 3.60. The lowest BCUT2D eigenvalue weighted by Crippen LogP contribution is -2.24. The summed E-state index contributed by atoms with van der Waals surface area (Å²) in [6.45, 7) is 4.57. The number of thiol groups is 1. The number of rotatable bonds is 4. The molecule has 0 saturated heterocycles. The van der Waals surface area contributed by atoms with Crippen LogP contribution in [0, 0.1) is 17.3 Å². The summed E-state index contributed by atoms with van der Waals surface area (Å²) in [7, 11) is 0. The summed E-state index contributed by atoms with van der Waals surface area (Å²) < 4.78 is 5.07. The van der Waals surface area contributed by atoms with Gasteiger partial charge < -0.3 is 4.18 Å². The lowest BCUT2D eigenvalue weighted by Gasteiger charge is -2.27. The number of fused-ring (bicyclic) bond motifs is 1. The van der Waals surface area contributed by atoms with E-state index in [9.17, 15) is 4.79 Å². The van der Waals surface area contributed by atoms with Crippen molar-refractivity contribution in [1.29, 1.82) is 0 Å². The Morgan fingerprint density at radius 1 is 1.30 bits per heavy atom. The van der Waals surface area contributed by atoms with E-state index >= 15 is 0 Å². The van der Waals surface area contributed by atoms with Crippen molar-refractivity contribution < 1.29 is 8.98 Å². The fraction of sp³-hybridized carbons (Fsp3) is 0.650. The van der Waals surface area contributed by atoms with Gasteiger partial charge in [0.05, 0.1) is 0 Å². The SMILES string of the molecule is CC1CCc2cc(OS)ccc2CC1CCC1(C)CCCC1=O. The highest BCUT2D eigenvalue weighted by atomic mass is 32.1. The third-order valence-electron chi connectivity index (χ3n) is 6.31. The molecule has 0 aliphatic heterocycles. The monoisotopic (exact) mass is 332 g/mol. The number of benzene rings is 1. The zero-order chi connectivity index (χ0) is 16.4. The molecular formula is C20H28O2S. The predicted octanol–water partition coefficient (Wildman–Crippen LogP) is 5.19. The Morgan fingerprint density at radius 2 is 2.13 bits per heavy atom. The molecule has 0 N–H and O–H groups in total. The van der Waals surface area contributed by atoms with Crippen molar-refractivity contribution in [3.63, 3.8) is 0 Å². The van der Waals surface area contributed by atoms with Gasteiger partial charge in [0, 0.05) is 24.7 Å². The summed E-state index contributed by atoms with van der Waals surface area (Å²) in [5.41, 5.74) is 2.82. The van der Waals surface area contributed by atoms with Crippen molar-refractivity contribution in [3.8, 4) is 5.75 Å². The highest BCUT2D eigenvalue weighted by molar-refractivity contribution is 7.75. The highest BCUT2D eigenvalue weighted by Gasteiger charge is 2.37. The summed E-state index contributed by atoms with van der Waals surface area (Å²) in [5.74, 6) is 2.73. The Balaban J connectivity index is 1.70. The molecule has 0 amide bonds. The first kappa shape index (κ1) is 16.9. The molecule has 2 nitrogen and oxygen atoms in total. The van der Waals surface area contributed by atoms with E-state index in [1.54, 1.807) is 0 Å². The van der Waals surface area contributed by atoms with Crippen LogP contribution in [0.1, 0.15) is 63.5 Å². The van der Waals surface area contributed by atoms with E-state index in [1.807, 2.05) is 6.07 Å². The van der Waals surface area contributed by atoms with Gasteiger partial charge in [0.1, 0.15) is 11.5 Å². The van der Waals surface area contributed by atoms with Gasteiger partial charge in [-0.1, -0.05) is 19.9 Å². The Hall–Kier alpha value is -0.960. The summed E-state index contributed by atoms with van der Waals surface area (Å²) in [5, 5.41) is 0. The average molecular weight is 333 g/mol. The third-order valence-corrected chi connectivity index (χ3v) is 6.52. The van der Waals surface area contributed by atoms with E-state index in [2.05, 4.69) is 38.9 Å². The van der Waals surface area contributed by atoms with E-state index in [0.29, 0.717) is 17.6 Å². The number of aryl methyl sites for hydroxylation is 1. The van der Waals surface area contributed by atoms with E-state index in [0.717, 1.165) is 44.3 Å². The first-order chi connectivity index (χ1) is 11.0. The second-order valence-electron chi connectivity index (χ2n) is 7.88. The second-order valence-corrected chi connectivity index (χ2v) is 8.06. The highest BCUT2D eigenvalue weighted by Crippen LogP contribution is 2.42. The van der Waals surface area contributed by atoms with Gasteiger partial charge in [0.15, 0.2) is 0 Å². The first-order valence-corrected chi connectivity index (χ1v) is 9.35. The van der Waals surface area contributed by atoms with Gasteiger partial charge in [-0.3, -0.25) is 4.79 Å². The summed E-state index contributed by atoms with van der Waals surface area (Å²) in [6, 6.07) is 6.36. The van der Waals surface area contributed by atoms with Crippen molar-refractivity contribution in [2.45, 2.75) is 65.2 Å². The Bertz CT molecular complexity index is 583. The Morgan fingerprint density at radius 3 is 2.83 bits per heavy atom. The largest absolute Gasteiger partial charge is 0.429 e. The topological polar surface area (TPSA) is 26.3 Å². The molecule has 0 radical (unpaired) electrons. The van der Waals surface area contributed by atoms with Crippen molar-refractivity contribution in [1.82, 2.24) is 0 Å². The molecule has 0 aromatic heterocycles. The minimum Gasteiger partial charge on any atom is -0.429 e. The molecule has 2 aliphatic rings. The molecule has 3 unspecified atom stereocenters. The molecular weight excluding hydrogens is 304 g/mol. The number of ketones is 1. The molecule has 1 fully saturated rings. The van der Waals surface area contributed by atoms with Crippen LogP contribution in [0.3, 0.4) is 0 Å². The van der Waals surface area contributed by atoms with Crippen molar-refractivity contribution in [2.75, 3.05) is 0 Å². The van der Waals surface area contributed by atoms with Crippen LogP contribution in [-0.2, 0) is 17.6 Å². The molecule has 3 rings (SSSR count). The number of carbonyl (C=O) groups is 1. The molecule has 1 aromatic rings. The maximum absolute atomic E-state index is 12.2. The van der Waals surface area contributed by atoms with E-state index in [-0.39, 0.29) is 5.41 Å². The quantitative estimate of drug-likeness (QED) is 0.466. The first-order valence-electron chi connectivity index (χ1n) is 8.98. The molecule has 0 heterocycles. The van der Waals surface area contributed by atoms with Crippen LogP contribution < -0.4 is 4.18 Å². The van der Waals surface area contributed by atoms with Gasteiger partial charge in [-0.15, -0.1) is 0 Å². The Kier molecular flexibility index (Phi) is 5.05. The molecule has 23 heavy (non-hydrogen) atoms. The summed E-state index contributed by atoms with van der Waals surface area (Å²) in [6.07, 6.45) is 8.69. The summed E-state index contributed by atoms with van der Waals surface area (Å²) >= 11 is 3.91. The lowest BCUT2D eigenvalue weighted by atomic mass is 9.76. The van der Waals surface area contributed by atoms with Crippen molar-refractivity contribution in [2.24, 2.45) is 17.3 Å². The molecule has 0 bridgehead atoms. The minimum absolute atomic E-state index is 0.0431. The fourth-order valence-electron chi connectivity index (χ4n) is 4.43. The second kappa shape index (κ2) is 6.88. The van der Waals surface area contributed by atoms with Gasteiger partial charge in [0.25, 0.3) is 0 Å². The summed E-state index contributed by atoms with van der Waals surface area (Å²) in [4.78, 5) is 12.2. The van der Waals surface area contributed by atoms with Crippen molar-refractivity contribution >= 4 is 18.7 Å². The van der Waals surface area contributed by atoms with Gasteiger partial charge in [-0.25, -0.2) is 0 Å². The van der Waals surface area contributed by atoms with Crippen LogP contribution in [0.2, 0.25) is 0 Å². The average Bonchev–Trinajstić information content (AvgIpc) is 2.79. The van der Waals surface area contributed by atoms with Gasteiger partial charge in [0.2, 0.25) is 0 Å². The number of hydrogen-bond acceptors (Lipinski definition) is 3. The maximum Gasteiger partial charge on any atom is 0.138 e. The van der Waals surface area contributed by atoms with E-state index < -0.39 is 0 Å². The van der Waals surface area contributed by atoms with Crippen LogP contribution in [0.5, 0.6) is 5.75 Å². The van der Waals surface area contributed by atoms with E-state index in [1.165, 1.54) is 24.0 Å². The van der Waals surface area contributed by atoms with Gasteiger partial charge >= 0.3 is 0 Å². The number of Topliss-reactive ketones (excluding diaryl/α,β-unsaturated/α-hetero) is 1. The van der Waals surface area contributed by atoms with Crippen LogP contribution in [-0.4, -0.2) is 5.78 Å². The van der Waals surface area contributed by atoms with Crippen LogP contribution in [0.25, 0.3) is 0 Å². The molecule has 1 aromatic carbocycles. The van der Waals surface area contributed by atoms with Gasteiger partial charge in [-0.05, 0) is 80.0 Å². The predicted molar refractivity (Wildman–Crippen MR) is 96.9 cm³/mol.